The summed E-state index contributed by atoms with van der Waals surface area (Å²) in [6, 6.07) is 0. The molecule has 0 unspecified atom stereocenters. The van der Waals surface area contributed by atoms with Crippen molar-refractivity contribution in [2.75, 3.05) is 33.4 Å². The summed E-state index contributed by atoms with van der Waals surface area (Å²) in [5.74, 6) is 0.185. The van der Waals surface area contributed by atoms with Crippen LogP contribution in [0.2, 0.25) is 0 Å². The molecular weight excluding hydrogens is 230 g/mol. The van der Waals surface area contributed by atoms with Crippen molar-refractivity contribution in [2.24, 2.45) is 10.8 Å². The quantitative estimate of drug-likeness (QED) is 0.819. The van der Waals surface area contributed by atoms with Crippen LogP contribution in [0.4, 0.5) is 0 Å². The summed E-state index contributed by atoms with van der Waals surface area (Å²) in [6.07, 6.45) is 1.81. The minimum atomic E-state index is -0.807. The standard InChI is InChI=1S/C14H25NO3/c1-12(2,3)13-5-7-15(8-6-13)14(9-16,10-18-4)11(13)17/h16H,5-10H2,1-4H3/t14-/m0/s1. The molecule has 3 aliphatic heterocycles. The molecule has 3 fully saturated rings. The van der Waals surface area contributed by atoms with Crippen LogP contribution in [0.3, 0.4) is 0 Å². The summed E-state index contributed by atoms with van der Waals surface area (Å²) in [7, 11) is 1.60. The number of ether oxygens (including phenoxy) is 1. The van der Waals surface area contributed by atoms with Gasteiger partial charge in [-0.05, 0) is 18.3 Å². The third-order valence-electron chi connectivity index (χ3n) is 5.16. The Morgan fingerprint density at radius 3 is 2.28 bits per heavy atom. The van der Waals surface area contributed by atoms with Gasteiger partial charge in [-0.3, -0.25) is 9.69 Å². The summed E-state index contributed by atoms with van der Waals surface area (Å²) < 4.78 is 5.23. The van der Waals surface area contributed by atoms with Crippen LogP contribution >= 0.6 is 0 Å². The summed E-state index contributed by atoms with van der Waals surface area (Å²) in [4.78, 5) is 15.1. The Bertz CT molecular complexity index is 339. The highest BCUT2D eigenvalue weighted by molar-refractivity contribution is 5.96. The van der Waals surface area contributed by atoms with Crippen molar-refractivity contribution in [1.82, 2.24) is 4.90 Å². The van der Waals surface area contributed by atoms with Crippen molar-refractivity contribution < 1.29 is 14.6 Å². The summed E-state index contributed by atoms with van der Waals surface area (Å²) >= 11 is 0. The molecule has 18 heavy (non-hydrogen) atoms. The second-order valence-electron chi connectivity index (χ2n) is 6.77. The Morgan fingerprint density at radius 1 is 1.33 bits per heavy atom. The molecule has 0 aromatic heterocycles. The topological polar surface area (TPSA) is 49.8 Å². The van der Waals surface area contributed by atoms with Crippen LogP contribution in [0.1, 0.15) is 33.6 Å². The molecule has 3 heterocycles. The zero-order valence-corrected chi connectivity index (χ0v) is 12.0. The fourth-order valence-corrected chi connectivity index (χ4v) is 3.84. The fraction of sp³-hybridized carbons (Fsp3) is 0.929. The molecule has 0 amide bonds. The fourth-order valence-electron chi connectivity index (χ4n) is 3.84. The number of rotatable bonds is 3. The number of nitrogens with zero attached hydrogens (tertiary/aromatic N) is 1. The molecule has 0 aliphatic carbocycles. The number of aliphatic hydroxyl groups excluding tert-OH is 1. The van der Waals surface area contributed by atoms with Gasteiger partial charge >= 0.3 is 0 Å². The number of ketones is 1. The molecule has 3 aliphatic rings. The number of carbonyl (C=O) groups is 1. The molecule has 0 radical (unpaired) electrons. The van der Waals surface area contributed by atoms with Crippen molar-refractivity contribution >= 4 is 5.78 Å². The Kier molecular flexibility index (Phi) is 3.33. The molecule has 2 bridgehead atoms. The van der Waals surface area contributed by atoms with Gasteiger partial charge in [0.2, 0.25) is 0 Å². The average Bonchev–Trinajstić information content (AvgIpc) is 2.33. The molecule has 0 aromatic rings. The zero-order valence-electron chi connectivity index (χ0n) is 12.0. The van der Waals surface area contributed by atoms with E-state index >= 15 is 0 Å². The molecule has 1 atom stereocenters. The van der Waals surface area contributed by atoms with E-state index in [9.17, 15) is 9.90 Å². The molecular formula is C14H25NO3. The highest BCUT2D eigenvalue weighted by Gasteiger charge is 2.63. The van der Waals surface area contributed by atoms with Crippen molar-refractivity contribution in [3.05, 3.63) is 0 Å². The minimum absolute atomic E-state index is 0.0647. The molecule has 3 saturated heterocycles. The number of aliphatic hydroxyl groups is 1. The smallest absolute Gasteiger partial charge is 0.164 e. The first-order chi connectivity index (χ1) is 8.34. The molecule has 3 rings (SSSR count). The number of Topliss-reactive ketones (excluding diaryl/α,β-unsaturated/α-hetero) is 1. The third kappa shape index (κ3) is 1.59. The van der Waals surface area contributed by atoms with Gasteiger partial charge in [-0.2, -0.15) is 0 Å². The van der Waals surface area contributed by atoms with E-state index < -0.39 is 5.54 Å². The molecule has 0 aromatic carbocycles. The number of fused-ring (bicyclic) bond motifs is 3. The highest BCUT2D eigenvalue weighted by Crippen LogP contribution is 2.54. The lowest BCUT2D eigenvalue weighted by Crippen LogP contribution is -2.74. The number of hydrogen-bond acceptors (Lipinski definition) is 4. The van der Waals surface area contributed by atoms with Gasteiger partial charge in [-0.25, -0.2) is 0 Å². The first kappa shape index (κ1) is 14.0. The summed E-state index contributed by atoms with van der Waals surface area (Å²) in [5, 5.41) is 9.80. The molecule has 4 heteroatoms. The predicted octanol–water partition coefficient (Wildman–Crippen LogP) is 1.07. The second kappa shape index (κ2) is 4.29. The van der Waals surface area contributed by atoms with E-state index in [1.165, 1.54) is 0 Å². The SMILES string of the molecule is COC[C@@]1(CO)C(=O)C2(C(C)(C)C)CCN1CC2. The molecule has 4 nitrogen and oxygen atoms in total. The molecule has 1 N–H and O–H groups in total. The Balaban J connectivity index is 2.45. The van der Waals surface area contributed by atoms with Crippen LogP contribution in [0.5, 0.6) is 0 Å². The van der Waals surface area contributed by atoms with E-state index in [1.54, 1.807) is 7.11 Å². The van der Waals surface area contributed by atoms with Crippen LogP contribution in [0.25, 0.3) is 0 Å². The van der Waals surface area contributed by atoms with Gasteiger partial charge in [0.1, 0.15) is 5.54 Å². The van der Waals surface area contributed by atoms with Gasteiger partial charge in [0.25, 0.3) is 0 Å². The lowest BCUT2D eigenvalue weighted by atomic mass is 9.52. The van der Waals surface area contributed by atoms with E-state index in [1.807, 2.05) is 0 Å². The lowest BCUT2D eigenvalue weighted by Gasteiger charge is -2.61. The Hall–Kier alpha value is -0.450. The highest BCUT2D eigenvalue weighted by atomic mass is 16.5. The van der Waals surface area contributed by atoms with Crippen LogP contribution in [-0.4, -0.2) is 54.7 Å². The van der Waals surface area contributed by atoms with E-state index in [2.05, 4.69) is 25.7 Å². The van der Waals surface area contributed by atoms with Crippen LogP contribution in [0.15, 0.2) is 0 Å². The minimum Gasteiger partial charge on any atom is -0.394 e. The van der Waals surface area contributed by atoms with Crippen molar-refractivity contribution in [2.45, 2.75) is 39.2 Å². The van der Waals surface area contributed by atoms with E-state index in [0.717, 1.165) is 25.9 Å². The number of hydrogen-bond donors (Lipinski definition) is 1. The van der Waals surface area contributed by atoms with Gasteiger partial charge < -0.3 is 9.84 Å². The molecule has 0 saturated carbocycles. The maximum atomic E-state index is 13.0. The zero-order chi connectivity index (χ0) is 13.6. The van der Waals surface area contributed by atoms with Crippen molar-refractivity contribution in [3.8, 4) is 0 Å². The lowest BCUT2D eigenvalue weighted by molar-refractivity contribution is -0.183. The van der Waals surface area contributed by atoms with Gasteiger partial charge in [-0.15, -0.1) is 0 Å². The summed E-state index contributed by atoms with van der Waals surface area (Å²) in [5.41, 5.74) is -1.17. The summed E-state index contributed by atoms with van der Waals surface area (Å²) in [6.45, 7) is 8.33. The molecule has 104 valence electrons. The van der Waals surface area contributed by atoms with Crippen LogP contribution in [0, 0.1) is 10.8 Å². The van der Waals surface area contributed by atoms with Gasteiger partial charge in [-0.1, -0.05) is 20.8 Å². The Labute approximate surface area is 109 Å². The van der Waals surface area contributed by atoms with Crippen molar-refractivity contribution in [1.29, 1.82) is 0 Å². The Morgan fingerprint density at radius 2 is 1.89 bits per heavy atom. The maximum Gasteiger partial charge on any atom is 0.164 e. The van der Waals surface area contributed by atoms with Gasteiger partial charge in [0, 0.05) is 25.6 Å². The monoisotopic (exact) mass is 255 g/mol. The van der Waals surface area contributed by atoms with Crippen LogP contribution in [-0.2, 0) is 9.53 Å². The number of piperidine rings is 3. The van der Waals surface area contributed by atoms with Gasteiger partial charge in [0.15, 0.2) is 5.78 Å². The van der Waals surface area contributed by atoms with Crippen molar-refractivity contribution in [3.63, 3.8) is 0 Å². The van der Waals surface area contributed by atoms with E-state index in [4.69, 9.17) is 4.74 Å². The van der Waals surface area contributed by atoms with Gasteiger partial charge in [0.05, 0.1) is 13.2 Å². The largest absolute Gasteiger partial charge is 0.394 e. The van der Waals surface area contributed by atoms with E-state index in [-0.39, 0.29) is 23.2 Å². The number of methoxy groups -OCH3 is 1. The predicted molar refractivity (Wildman–Crippen MR) is 69.4 cm³/mol. The normalized spacial score (nSPS) is 40.3. The first-order valence-electron chi connectivity index (χ1n) is 6.74. The average molecular weight is 255 g/mol. The van der Waals surface area contributed by atoms with Crippen LogP contribution < -0.4 is 0 Å². The maximum absolute atomic E-state index is 13.0. The third-order valence-corrected chi connectivity index (χ3v) is 5.16. The molecule has 0 spiro atoms. The first-order valence-corrected chi connectivity index (χ1v) is 6.74. The van der Waals surface area contributed by atoms with E-state index in [0.29, 0.717) is 6.61 Å². The number of carbonyl (C=O) groups excluding carboxylic acids is 1. The second-order valence-corrected chi connectivity index (χ2v) is 6.77.